The van der Waals surface area contributed by atoms with Gasteiger partial charge in [0.05, 0.1) is 21.6 Å². The third-order valence-corrected chi connectivity index (χ3v) is 5.20. The molecule has 10 heteroatoms. The molecule has 3 aromatic carbocycles. The maximum Gasteiger partial charge on any atom is 0.275 e. The summed E-state index contributed by atoms with van der Waals surface area (Å²) in [4.78, 5) is 10.4. The first-order valence-electron chi connectivity index (χ1n) is 8.16. The molecule has 0 aromatic heterocycles. The Hall–Kier alpha value is -3.53. The molecule has 0 unspecified atom stereocenters. The molecule has 0 amide bonds. The van der Waals surface area contributed by atoms with Gasteiger partial charge in [-0.15, -0.1) is 0 Å². The number of nitro benzene ring substituents is 1. The van der Waals surface area contributed by atoms with E-state index in [9.17, 15) is 27.3 Å². The molecule has 29 heavy (non-hydrogen) atoms. The van der Waals surface area contributed by atoms with Crippen LogP contribution in [0.2, 0.25) is 0 Å². The van der Waals surface area contributed by atoms with Crippen LogP contribution in [0.3, 0.4) is 0 Å². The van der Waals surface area contributed by atoms with Gasteiger partial charge in [0, 0.05) is 18.2 Å². The number of ether oxygens (including phenoxy) is 1. The second-order valence-corrected chi connectivity index (χ2v) is 7.75. The minimum Gasteiger partial charge on any atom is -0.454 e. The molecule has 0 saturated carbocycles. The first-order valence-corrected chi connectivity index (χ1v) is 9.64. The van der Waals surface area contributed by atoms with E-state index in [2.05, 4.69) is 4.72 Å². The Morgan fingerprint density at radius 2 is 1.69 bits per heavy atom. The number of nitrogens with zero attached hydrogens (tertiary/aromatic N) is 1. The van der Waals surface area contributed by atoms with Crippen LogP contribution in [0.5, 0.6) is 11.5 Å². The number of hydrogen-bond acceptors (Lipinski definition) is 5. The fourth-order valence-electron chi connectivity index (χ4n) is 2.42. The van der Waals surface area contributed by atoms with Crippen LogP contribution in [-0.4, -0.2) is 13.3 Å². The molecule has 0 saturated heterocycles. The molecule has 150 valence electrons. The molecule has 0 atom stereocenters. The number of benzene rings is 3. The smallest absolute Gasteiger partial charge is 0.275 e. The molecule has 7 nitrogen and oxygen atoms in total. The van der Waals surface area contributed by atoms with Crippen molar-refractivity contribution < 1.29 is 26.9 Å². The fourth-order valence-corrected chi connectivity index (χ4v) is 3.46. The minimum absolute atomic E-state index is 0.0401. The van der Waals surface area contributed by atoms with Crippen LogP contribution in [-0.2, 0) is 10.0 Å². The SMILES string of the molecule is Cc1ccc(S(=O)(=O)Nc2cc(Oc3ccc(F)cc3F)cc([N+](=O)[O-])c2)cc1. The highest BCUT2D eigenvalue weighted by molar-refractivity contribution is 7.92. The summed E-state index contributed by atoms with van der Waals surface area (Å²) in [5, 5.41) is 11.2. The Labute approximate surface area is 164 Å². The van der Waals surface area contributed by atoms with Crippen LogP contribution >= 0.6 is 0 Å². The van der Waals surface area contributed by atoms with Crippen molar-refractivity contribution in [3.63, 3.8) is 0 Å². The van der Waals surface area contributed by atoms with Crippen molar-refractivity contribution in [2.45, 2.75) is 11.8 Å². The first-order chi connectivity index (χ1) is 13.6. The third-order valence-electron chi connectivity index (χ3n) is 3.81. The molecule has 3 rings (SSSR count). The number of hydrogen-bond donors (Lipinski definition) is 1. The van der Waals surface area contributed by atoms with Crippen molar-refractivity contribution in [1.82, 2.24) is 0 Å². The Balaban J connectivity index is 1.96. The highest BCUT2D eigenvalue weighted by atomic mass is 32.2. The number of halogens is 2. The van der Waals surface area contributed by atoms with Crippen molar-refractivity contribution in [2.75, 3.05) is 4.72 Å². The lowest BCUT2D eigenvalue weighted by Gasteiger charge is -2.11. The Morgan fingerprint density at radius 3 is 2.31 bits per heavy atom. The summed E-state index contributed by atoms with van der Waals surface area (Å²) >= 11 is 0. The average molecular weight is 420 g/mol. The van der Waals surface area contributed by atoms with Crippen molar-refractivity contribution in [1.29, 1.82) is 0 Å². The molecular formula is C19H14F2N2O5S. The summed E-state index contributed by atoms with van der Waals surface area (Å²) in [5.74, 6) is -2.41. The molecule has 3 aromatic rings. The third kappa shape index (κ3) is 4.85. The molecule has 0 aliphatic rings. The molecule has 1 N–H and O–H groups in total. The molecule has 0 radical (unpaired) electrons. The maximum absolute atomic E-state index is 13.8. The summed E-state index contributed by atoms with van der Waals surface area (Å²) in [5.41, 5.74) is 0.222. The van der Waals surface area contributed by atoms with E-state index in [-0.39, 0.29) is 22.1 Å². The van der Waals surface area contributed by atoms with E-state index in [1.807, 2.05) is 0 Å². The van der Waals surface area contributed by atoms with Gasteiger partial charge in [0.1, 0.15) is 11.6 Å². The van der Waals surface area contributed by atoms with Crippen molar-refractivity contribution in [3.8, 4) is 11.5 Å². The molecule has 0 spiro atoms. The Morgan fingerprint density at radius 1 is 1.00 bits per heavy atom. The van der Waals surface area contributed by atoms with Gasteiger partial charge >= 0.3 is 0 Å². The lowest BCUT2D eigenvalue weighted by molar-refractivity contribution is -0.384. The van der Waals surface area contributed by atoms with Gasteiger partial charge in [0.2, 0.25) is 0 Å². The van der Waals surface area contributed by atoms with E-state index < -0.39 is 32.3 Å². The summed E-state index contributed by atoms with van der Waals surface area (Å²) < 4.78 is 59.4. The van der Waals surface area contributed by atoms with E-state index in [4.69, 9.17) is 4.74 Å². The van der Waals surface area contributed by atoms with E-state index in [1.165, 1.54) is 12.1 Å². The van der Waals surface area contributed by atoms with Crippen LogP contribution in [0.15, 0.2) is 65.6 Å². The molecular weight excluding hydrogens is 406 g/mol. The zero-order valence-electron chi connectivity index (χ0n) is 14.9. The minimum atomic E-state index is -4.03. The van der Waals surface area contributed by atoms with E-state index in [0.717, 1.165) is 35.9 Å². The lowest BCUT2D eigenvalue weighted by Crippen LogP contribution is -2.13. The van der Waals surface area contributed by atoms with Gasteiger partial charge < -0.3 is 4.74 Å². The van der Waals surface area contributed by atoms with E-state index in [1.54, 1.807) is 19.1 Å². The zero-order valence-corrected chi connectivity index (χ0v) is 15.7. The van der Waals surface area contributed by atoms with Gasteiger partial charge in [-0.05, 0) is 31.2 Å². The largest absolute Gasteiger partial charge is 0.454 e. The first kappa shape index (κ1) is 20.2. The van der Waals surface area contributed by atoms with Crippen LogP contribution in [0.1, 0.15) is 5.56 Å². The average Bonchev–Trinajstić information content (AvgIpc) is 2.64. The maximum atomic E-state index is 13.8. The van der Waals surface area contributed by atoms with Crippen LogP contribution < -0.4 is 9.46 Å². The number of anilines is 1. The molecule has 0 heterocycles. The molecule has 0 aliphatic heterocycles. The van der Waals surface area contributed by atoms with Gasteiger partial charge in [-0.2, -0.15) is 0 Å². The predicted molar refractivity (Wildman–Crippen MR) is 102 cm³/mol. The van der Waals surface area contributed by atoms with Crippen LogP contribution in [0.4, 0.5) is 20.2 Å². The Bertz CT molecular complexity index is 1180. The lowest BCUT2D eigenvalue weighted by atomic mass is 10.2. The second kappa shape index (κ2) is 7.84. The topological polar surface area (TPSA) is 98.5 Å². The number of rotatable bonds is 6. The van der Waals surface area contributed by atoms with Gasteiger partial charge in [0.15, 0.2) is 11.6 Å². The van der Waals surface area contributed by atoms with E-state index in [0.29, 0.717) is 6.07 Å². The van der Waals surface area contributed by atoms with Gasteiger partial charge in [-0.25, -0.2) is 17.2 Å². The van der Waals surface area contributed by atoms with Crippen LogP contribution in [0.25, 0.3) is 0 Å². The second-order valence-electron chi connectivity index (χ2n) is 6.07. The fraction of sp³-hybridized carbons (Fsp3) is 0.0526. The van der Waals surface area contributed by atoms with Gasteiger partial charge in [-0.1, -0.05) is 17.7 Å². The van der Waals surface area contributed by atoms with Crippen molar-refractivity contribution in [3.05, 3.63) is 88.0 Å². The summed E-state index contributed by atoms with van der Waals surface area (Å²) in [7, 11) is -4.03. The number of sulfonamides is 1. The monoisotopic (exact) mass is 420 g/mol. The number of nitrogens with one attached hydrogen (secondary N) is 1. The molecule has 0 aliphatic carbocycles. The van der Waals surface area contributed by atoms with Gasteiger partial charge in [0.25, 0.3) is 15.7 Å². The Kier molecular flexibility index (Phi) is 5.46. The van der Waals surface area contributed by atoms with Gasteiger partial charge in [-0.3, -0.25) is 14.8 Å². The highest BCUT2D eigenvalue weighted by Crippen LogP contribution is 2.32. The normalized spacial score (nSPS) is 11.1. The molecule has 0 bridgehead atoms. The standard InChI is InChI=1S/C19H14F2N2O5S/c1-12-2-5-17(6-3-12)29(26,27)22-14-9-15(23(24)25)11-16(10-14)28-19-7-4-13(20)8-18(19)21/h2-11,22H,1H3. The summed E-state index contributed by atoms with van der Waals surface area (Å²) in [6.45, 7) is 1.79. The molecule has 0 fully saturated rings. The number of non-ortho nitro benzene ring substituents is 1. The zero-order chi connectivity index (χ0) is 21.2. The summed E-state index contributed by atoms with van der Waals surface area (Å²) in [6.07, 6.45) is 0. The van der Waals surface area contributed by atoms with Crippen molar-refractivity contribution >= 4 is 21.4 Å². The van der Waals surface area contributed by atoms with E-state index >= 15 is 0 Å². The predicted octanol–water partition coefficient (Wildman–Crippen LogP) is 4.77. The van der Waals surface area contributed by atoms with Crippen LogP contribution in [0, 0.1) is 28.7 Å². The quantitative estimate of drug-likeness (QED) is 0.457. The number of nitro groups is 1. The number of aryl methyl sites for hydroxylation is 1. The highest BCUT2D eigenvalue weighted by Gasteiger charge is 2.18. The summed E-state index contributed by atoms with van der Waals surface area (Å²) in [6, 6.07) is 11.7. The van der Waals surface area contributed by atoms with Crippen molar-refractivity contribution in [2.24, 2.45) is 0 Å².